The molecule has 1 saturated heterocycles. The van der Waals surface area contributed by atoms with Crippen molar-refractivity contribution in [3.8, 4) is 0 Å². The Morgan fingerprint density at radius 3 is 2.93 bits per heavy atom. The van der Waals surface area contributed by atoms with Gasteiger partial charge in [-0.2, -0.15) is 0 Å². The fourth-order valence-electron chi connectivity index (χ4n) is 1.74. The predicted octanol–water partition coefficient (Wildman–Crippen LogP) is -0.151. The van der Waals surface area contributed by atoms with Crippen LogP contribution in [0.3, 0.4) is 0 Å². The Kier molecular flexibility index (Phi) is 4.16. The Bertz CT molecular complexity index is 240. The van der Waals surface area contributed by atoms with E-state index in [1.54, 1.807) is 0 Å². The number of ether oxygens (including phenoxy) is 1. The maximum Gasteiger partial charge on any atom is 0.403 e. The summed E-state index contributed by atoms with van der Waals surface area (Å²) in [5, 5.41) is 2.60. The predicted molar refractivity (Wildman–Crippen MR) is 55.9 cm³/mol. The Morgan fingerprint density at radius 1 is 1.79 bits per heavy atom. The van der Waals surface area contributed by atoms with Crippen molar-refractivity contribution in [1.82, 2.24) is 5.09 Å². The van der Waals surface area contributed by atoms with Crippen LogP contribution in [0.15, 0.2) is 0 Å². The fourth-order valence-corrected chi connectivity index (χ4v) is 2.53. The van der Waals surface area contributed by atoms with Crippen molar-refractivity contribution >= 4 is 15.6 Å². The van der Waals surface area contributed by atoms with E-state index in [9.17, 15) is 9.46 Å². The van der Waals surface area contributed by atoms with Gasteiger partial charge in [-0.05, 0) is 12.8 Å². The first-order chi connectivity index (χ1) is 6.48. The largest absolute Gasteiger partial charge is 0.403 e. The van der Waals surface area contributed by atoms with Gasteiger partial charge >= 0.3 is 7.75 Å². The minimum absolute atomic E-state index is 0.000579. The zero-order valence-electron chi connectivity index (χ0n) is 8.77. The third-order valence-electron chi connectivity index (χ3n) is 2.42. The Labute approximate surface area is 85.2 Å². The third kappa shape index (κ3) is 3.07. The first-order valence-corrected chi connectivity index (χ1v) is 6.38. The molecule has 0 aromatic carbocycles. The van der Waals surface area contributed by atoms with Crippen LogP contribution in [0, 0.1) is 0 Å². The zero-order valence-corrected chi connectivity index (χ0v) is 9.66. The molecule has 1 aliphatic heterocycles. The summed E-state index contributed by atoms with van der Waals surface area (Å²) in [7, 11) is -0.456. The van der Waals surface area contributed by atoms with Gasteiger partial charge in [0.05, 0.1) is 6.10 Å². The van der Waals surface area contributed by atoms with Gasteiger partial charge in [-0.25, -0.2) is 9.65 Å². The summed E-state index contributed by atoms with van der Waals surface area (Å²) in [5.41, 5.74) is 0. The van der Waals surface area contributed by atoms with E-state index in [4.69, 9.17) is 4.74 Å². The van der Waals surface area contributed by atoms with E-state index in [1.807, 2.05) is 14.8 Å². The smallest absolute Gasteiger partial charge is 0.382 e. The molecule has 1 heterocycles. The molecule has 4 atom stereocenters. The molecule has 0 bridgehead atoms. The van der Waals surface area contributed by atoms with Crippen molar-refractivity contribution in [2.75, 3.05) is 7.11 Å². The number of hydrogen-bond acceptors (Lipinski definition) is 3. The second-order valence-electron chi connectivity index (χ2n) is 3.57. The van der Waals surface area contributed by atoms with Crippen LogP contribution in [0.4, 0.5) is 0 Å². The minimum Gasteiger partial charge on any atom is -0.382 e. The highest BCUT2D eigenvalue weighted by Crippen LogP contribution is 2.38. The second-order valence-corrected chi connectivity index (χ2v) is 5.23. The molecule has 14 heavy (non-hydrogen) atoms. The topological polar surface area (TPSA) is 67.8 Å². The van der Waals surface area contributed by atoms with Gasteiger partial charge in [0.25, 0.3) is 0 Å². The summed E-state index contributed by atoms with van der Waals surface area (Å²) in [6.45, 7) is 1.99. The average Bonchev–Trinajstić information content (AvgIpc) is 2.45. The molecule has 0 spiro atoms. The summed E-state index contributed by atoms with van der Waals surface area (Å²) >= 11 is 0. The molecule has 0 radical (unpaired) electrons. The molecule has 82 valence electrons. The molecule has 0 aromatic rings. The normalized spacial score (nSPS) is 36.9. The van der Waals surface area contributed by atoms with Crippen LogP contribution in [0.2, 0.25) is 0 Å². The van der Waals surface area contributed by atoms with Gasteiger partial charge in [0.1, 0.15) is 7.85 Å². The monoisotopic (exact) mass is 221 g/mol. The molecular weight excluding hydrogens is 204 g/mol. The Morgan fingerprint density at radius 2 is 2.43 bits per heavy atom. The molecule has 7 heteroatoms. The van der Waals surface area contributed by atoms with Gasteiger partial charge < -0.3 is 14.2 Å². The molecule has 2 N–H and O–H groups in total. The van der Waals surface area contributed by atoms with Crippen LogP contribution in [-0.4, -0.2) is 38.0 Å². The van der Waals surface area contributed by atoms with Gasteiger partial charge in [-0.15, -0.1) is 0 Å². The number of rotatable bonds is 4. The van der Waals surface area contributed by atoms with Crippen molar-refractivity contribution in [1.29, 1.82) is 0 Å². The molecule has 1 rings (SSSR count). The highest BCUT2D eigenvalue weighted by molar-refractivity contribution is 7.50. The van der Waals surface area contributed by atoms with Crippen molar-refractivity contribution < 1.29 is 18.7 Å². The van der Waals surface area contributed by atoms with Crippen molar-refractivity contribution in [2.45, 2.75) is 37.9 Å². The van der Waals surface area contributed by atoms with Crippen molar-refractivity contribution in [3.05, 3.63) is 0 Å². The van der Waals surface area contributed by atoms with Crippen molar-refractivity contribution in [3.63, 3.8) is 0 Å². The summed E-state index contributed by atoms with van der Waals surface area (Å²) in [4.78, 5) is 9.25. The molecule has 0 aliphatic carbocycles. The maximum atomic E-state index is 11.3. The number of hydrogen-bond donors (Lipinski definition) is 2. The standard InChI is InChI=1S/C7H17BNO4P/c1-3-6-5(4-7(8)13-6)9-14(10,11)12-2/h5-7H,3-4,8H2,1-2H3,(H2,9,10,11)/t5?,6-,7?/m1/s1. The van der Waals surface area contributed by atoms with E-state index in [-0.39, 0.29) is 18.1 Å². The van der Waals surface area contributed by atoms with Crippen LogP contribution < -0.4 is 5.09 Å². The second kappa shape index (κ2) is 4.77. The molecule has 3 unspecified atom stereocenters. The minimum atomic E-state index is -3.63. The van der Waals surface area contributed by atoms with E-state index < -0.39 is 7.75 Å². The summed E-state index contributed by atoms with van der Waals surface area (Å²) in [5.74, 6) is 0. The molecule has 5 nitrogen and oxygen atoms in total. The molecule has 0 saturated carbocycles. The van der Waals surface area contributed by atoms with E-state index in [1.165, 1.54) is 7.11 Å². The van der Waals surface area contributed by atoms with Crippen molar-refractivity contribution in [2.24, 2.45) is 0 Å². The van der Waals surface area contributed by atoms with E-state index in [0.717, 1.165) is 12.8 Å². The molecule has 1 fully saturated rings. The highest BCUT2D eigenvalue weighted by atomic mass is 31.2. The fraction of sp³-hybridized carbons (Fsp3) is 1.00. The van der Waals surface area contributed by atoms with Gasteiger partial charge in [0, 0.05) is 19.2 Å². The third-order valence-corrected chi connectivity index (χ3v) is 3.57. The summed E-state index contributed by atoms with van der Waals surface area (Å²) in [6, 6.07) is 0.0417. The van der Waals surface area contributed by atoms with Gasteiger partial charge in [0.2, 0.25) is 0 Å². The lowest BCUT2D eigenvalue weighted by molar-refractivity contribution is 0.0771. The van der Waals surface area contributed by atoms with E-state index in [2.05, 4.69) is 9.61 Å². The Hall–Kier alpha value is 0.135. The SMILES string of the molecule is BC1CC(NP(=O)(O)OC)[C@@H](CC)O1. The summed E-state index contributed by atoms with van der Waals surface area (Å²) in [6.07, 6.45) is 1.57. The highest BCUT2D eigenvalue weighted by Gasteiger charge is 2.35. The lowest BCUT2D eigenvalue weighted by Gasteiger charge is -2.20. The quantitative estimate of drug-likeness (QED) is 0.510. The van der Waals surface area contributed by atoms with Crippen LogP contribution in [0.25, 0.3) is 0 Å². The summed E-state index contributed by atoms with van der Waals surface area (Å²) < 4.78 is 21.3. The first kappa shape index (κ1) is 12.2. The molecule has 0 aromatic heterocycles. The lowest BCUT2D eigenvalue weighted by atomic mass is 9.95. The molecule has 0 amide bonds. The first-order valence-electron chi connectivity index (χ1n) is 4.80. The number of nitrogens with one attached hydrogen (secondary N) is 1. The van der Waals surface area contributed by atoms with Gasteiger partial charge in [-0.1, -0.05) is 6.92 Å². The van der Waals surface area contributed by atoms with Crippen LogP contribution in [-0.2, 0) is 13.8 Å². The average molecular weight is 221 g/mol. The lowest BCUT2D eigenvalue weighted by Crippen LogP contribution is -2.34. The van der Waals surface area contributed by atoms with Gasteiger partial charge in [-0.3, -0.25) is 0 Å². The van der Waals surface area contributed by atoms with Crippen LogP contribution in [0.5, 0.6) is 0 Å². The molecular formula is C7H17BNO4P. The van der Waals surface area contributed by atoms with Gasteiger partial charge in [0.15, 0.2) is 0 Å². The maximum absolute atomic E-state index is 11.3. The van der Waals surface area contributed by atoms with Crippen LogP contribution in [0.1, 0.15) is 19.8 Å². The van der Waals surface area contributed by atoms with E-state index >= 15 is 0 Å². The Balaban J connectivity index is 2.55. The zero-order chi connectivity index (χ0) is 10.8. The molecule has 1 aliphatic rings. The van der Waals surface area contributed by atoms with E-state index in [0.29, 0.717) is 0 Å². The van der Waals surface area contributed by atoms with Crippen LogP contribution >= 0.6 is 7.75 Å².